The number of fused-ring (bicyclic) bond motifs is 5. The molecule has 0 radical (unpaired) electrons. The molecule has 0 bridgehead atoms. The Kier molecular flexibility index (Phi) is 6.33. The minimum Gasteiger partial charge on any atom is -0.309 e. The summed E-state index contributed by atoms with van der Waals surface area (Å²) < 4.78 is 2.37. The summed E-state index contributed by atoms with van der Waals surface area (Å²) in [7, 11) is 0. The van der Waals surface area contributed by atoms with Gasteiger partial charge in [-0.15, -0.1) is 0 Å². The molecular formula is C46H33N. The molecule has 0 fully saturated rings. The summed E-state index contributed by atoms with van der Waals surface area (Å²) in [5.74, 6) is 0. The average Bonchev–Trinajstić information content (AvgIpc) is 3.46. The predicted molar refractivity (Wildman–Crippen MR) is 202 cm³/mol. The van der Waals surface area contributed by atoms with E-state index in [1.54, 1.807) is 0 Å². The third-order valence-corrected chi connectivity index (χ3v) is 9.89. The molecule has 1 heterocycles. The Bertz CT molecular complexity index is 2610. The van der Waals surface area contributed by atoms with E-state index in [1.807, 2.05) is 0 Å². The Morgan fingerprint density at radius 1 is 0.319 bits per heavy atom. The first-order valence-electron chi connectivity index (χ1n) is 16.4. The number of nitrogens with zero attached hydrogens (tertiary/aromatic N) is 1. The van der Waals surface area contributed by atoms with E-state index in [0.29, 0.717) is 0 Å². The van der Waals surface area contributed by atoms with Crippen molar-refractivity contribution in [2.75, 3.05) is 0 Å². The van der Waals surface area contributed by atoms with Crippen molar-refractivity contribution in [3.8, 4) is 39.1 Å². The van der Waals surface area contributed by atoms with Crippen molar-refractivity contribution < 1.29 is 0 Å². The molecule has 0 saturated heterocycles. The van der Waals surface area contributed by atoms with Crippen molar-refractivity contribution >= 4 is 43.4 Å². The highest BCUT2D eigenvalue weighted by molar-refractivity contribution is 6.21. The van der Waals surface area contributed by atoms with Crippen molar-refractivity contribution in [3.63, 3.8) is 0 Å². The lowest BCUT2D eigenvalue weighted by atomic mass is 9.84. The van der Waals surface area contributed by atoms with E-state index in [9.17, 15) is 0 Å². The summed E-state index contributed by atoms with van der Waals surface area (Å²) >= 11 is 0. The second kappa shape index (κ2) is 10.9. The van der Waals surface area contributed by atoms with Gasteiger partial charge in [0.2, 0.25) is 0 Å². The maximum absolute atomic E-state index is 2.39. The van der Waals surface area contributed by atoms with Gasteiger partial charge in [-0.2, -0.15) is 0 Å². The summed E-state index contributed by atoms with van der Waals surface area (Å²) in [6, 6.07) is 60.0. The van der Waals surface area contributed by atoms with E-state index in [0.717, 1.165) is 0 Å². The Hall–Kier alpha value is -5.92. The van der Waals surface area contributed by atoms with Gasteiger partial charge in [-0.25, -0.2) is 0 Å². The largest absolute Gasteiger partial charge is 0.309 e. The lowest BCUT2D eigenvalue weighted by Gasteiger charge is -2.19. The molecular weight excluding hydrogens is 567 g/mol. The van der Waals surface area contributed by atoms with Crippen LogP contribution in [-0.2, 0) is 0 Å². The van der Waals surface area contributed by atoms with Gasteiger partial charge in [0.25, 0.3) is 0 Å². The van der Waals surface area contributed by atoms with Gasteiger partial charge in [-0.05, 0) is 110 Å². The molecule has 1 nitrogen and oxygen atoms in total. The van der Waals surface area contributed by atoms with Crippen LogP contribution in [0.4, 0.5) is 0 Å². The summed E-state index contributed by atoms with van der Waals surface area (Å²) in [6.07, 6.45) is 0. The zero-order chi connectivity index (χ0) is 31.5. The Morgan fingerprint density at radius 3 is 1.43 bits per heavy atom. The minimum atomic E-state index is 1.18. The molecule has 0 spiro atoms. The van der Waals surface area contributed by atoms with Crippen LogP contribution in [0.3, 0.4) is 0 Å². The first-order chi connectivity index (χ1) is 23.2. The first kappa shape index (κ1) is 27.4. The smallest absolute Gasteiger partial charge is 0.0541 e. The number of aromatic nitrogens is 1. The maximum Gasteiger partial charge on any atom is 0.0541 e. The predicted octanol–water partition coefficient (Wildman–Crippen LogP) is 12.7. The highest BCUT2D eigenvalue weighted by Crippen LogP contribution is 2.45. The van der Waals surface area contributed by atoms with E-state index in [-0.39, 0.29) is 0 Å². The number of aryl methyl sites for hydroxylation is 2. The number of para-hydroxylation sites is 2. The normalized spacial score (nSPS) is 11.6. The Balaban J connectivity index is 1.22. The maximum atomic E-state index is 2.39. The number of rotatable bonds is 4. The van der Waals surface area contributed by atoms with Crippen LogP contribution in [0.2, 0.25) is 0 Å². The van der Waals surface area contributed by atoms with Gasteiger partial charge >= 0.3 is 0 Å². The van der Waals surface area contributed by atoms with Crippen LogP contribution in [0.15, 0.2) is 164 Å². The second-order valence-electron chi connectivity index (χ2n) is 12.6. The van der Waals surface area contributed by atoms with Crippen molar-refractivity contribution in [1.29, 1.82) is 0 Å². The molecule has 0 aliphatic heterocycles. The zero-order valence-electron chi connectivity index (χ0n) is 26.5. The van der Waals surface area contributed by atoms with Crippen LogP contribution in [0.5, 0.6) is 0 Å². The quantitative estimate of drug-likeness (QED) is 0.177. The Morgan fingerprint density at radius 2 is 0.787 bits per heavy atom. The van der Waals surface area contributed by atoms with Crippen LogP contribution in [-0.4, -0.2) is 4.57 Å². The van der Waals surface area contributed by atoms with E-state index in [4.69, 9.17) is 0 Å². The summed E-state index contributed by atoms with van der Waals surface area (Å²) in [4.78, 5) is 0. The molecule has 47 heavy (non-hydrogen) atoms. The summed E-state index contributed by atoms with van der Waals surface area (Å²) in [5.41, 5.74) is 13.8. The molecule has 0 unspecified atom stereocenters. The van der Waals surface area contributed by atoms with Gasteiger partial charge in [0, 0.05) is 16.5 Å². The highest BCUT2D eigenvalue weighted by Gasteiger charge is 2.18. The summed E-state index contributed by atoms with van der Waals surface area (Å²) in [6.45, 7) is 4.45. The molecule has 0 saturated carbocycles. The van der Waals surface area contributed by atoms with Crippen LogP contribution in [0.25, 0.3) is 82.4 Å². The lowest BCUT2D eigenvalue weighted by Crippen LogP contribution is -1.93. The number of hydrogen-bond acceptors (Lipinski definition) is 0. The van der Waals surface area contributed by atoms with Crippen LogP contribution >= 0.6 is 0 Å². The molecule has 9 aromatic rings. The topological polar surface area (TPSA) is 4.93 Å². The van der Waals surface area contributed by atoms with Crippen molar-refractivity contribution in [3.05, 3.63) is 175 Å². The molecule has 0 atom stereocenters. The fourth-order valence-corrected chi connectivity index (χ4v) is 7.50. The molecule has 1 heteroatoms. The molecule has 1 aromatic heterocycles. The fraction of sp³-hybridized carbons (Fsp3) is 0.0435. The van der Waals surface area contributed by atoms with Gasteiger partial charge in [0.05, 0.1) is 11.0 Å². The van der Waals surface area contributed by atoms with E-state index in [1.165, 1.54) is 93.5 Å². The van der Waals surface area contributed by atoms with Crippen LogP contribution in [0.1, 0.15) is 11.1 Å². The fourth-order valence-electron chi connectivity index (χ4n) is 7.50. The highest BCUT2D eigenvalue weighted by atomic mass is 15.0. The van der Waals surface area contributed by atoms with Gasteiger partial charge in [-0.1, -0.05) is 133 Å². The van der Waals surface area contributed by atoms with Crippen LogP contribution in [0, 0.1) is 13.8 Å². The first-order valence-corrected chi connectivity index (χ1v) is 16.4. The molecule has 0 N–H and O–H groups in total. The number of hydrogen-bond donors (Lipinski definition) is 0. The van der Waals surface area contributed by atoms with E-state index in [2.05, 4.69) is 182 Å². The van der Waals surface area contributed by atoms with Gasteiger partial charge < -0.3 is 4.57 Å². The van der Waals surface area contributed by atoms with Crippen molar-refractivity contribution in [2.45, 2.75) is 13.8 Å². The molecule has 9 rings (SSSR count). The summed E-state index contributed by atoms with van der Waals surface area (Å²) in [5, 5.41) is 7.71. The molecule has 222 valence electrons. The van der Waals surface area contributed by atoms with E-state index >= 15 is 0 Å². The lowest BCUT2D eigenvalue weighted by molar-refractivity contribution is 1.18. The monoisotopic (exact) mass is 599 g/mol. The van der Waals surface area contributed by atoms with Crippen molar-refractivity contribution in [1.82, 2.24) is 4.57 Å². The zero-order valence-corrected chi connectivity index (χ0v) is 26.5. The van der Waals surface area contributed by atoms with Gasteiger partial charge in [0.15, 0.2) is 0 Å². The molecule has 0 amide bonds. The van der Waals surface area contributed by atoms with Crippen molar-refractivity contribution in [2.24, 2.45) is 0 Å². The third-order valence-electron chi connectivity index (χ3n) is 9.89. The number of benzene rings is 8. The third kappa shape index (κ3) is 4.39. The average molecular weight is 600 g/mol. The van der Waals surface area contributed by atoms with E-state index < -0.39 is 0 Å². The minimum absolute atomic E-state index is 1.18. The molecule has 0 aliphatic rings. The van der Waals surface area contributed by atoms with Crippen LogP contribution < -0.4 is 0 Å². The van der Waals surface area contributed by atoms with Gasteiger partial charge in [-0.3, -0.25) is 0 Å². The SMILES string of the molecule is Cc1cc2c(-c3ccccc3)c3ccccc3c(-c3ccc(-c4ccc5c(c4)c4ccccc4n5-c4ccccc4)cc3)c2cc1C. The molecule has 0 aliphatic carbocycles. The Labute approximate surface area is 275 Å². The second-order valence-corrected chi connectivity index (χ2v) is 12.6. The molecule has 8 aromatic carbocycles. The van der Waals surface area contributed by atoms with Gasteiger partial charge in [0.1, 0.15) is 0 Å². The standard InChI is InChI=1S/C46H33N/c1-30-27-41-42(28-31(30)2)46(39-19-10-9-18-38(39)45(41)33-13-5-3-6-14-33)34-23-21-32(22-24-34)35-25-26-44-40(29-35)37-17-11-12-20-43(37)47(44)36-15-7-4-8-16-36/h3-29H,1-2H3.